The summed E-state index contributed by atoms with van der Waals surface area (Å²) in [6.07, 6.45) is 5.59. The molecule has 4 aromatic carbocycles. The van der Waals surface area contributed by atoms with Crippen LogP contribution >= 0.6 is 0 Å². The molecule has 15 heteroatoms. The lowest BCUT2D eigenvalue weighted by Gasteiger charge is -2.30. The molecular weight excluding hydrogens is 815 g/mol. The van der Waals surface area contributed by atoms with Crippen LogP contribution in [0.4, 0.5) is 9.59 Å². The van der Waals surface area contributed by atoms with Crippen molar-refractivity contribution in [2.24, 2.45) is 4.99 Å². The smallest absolute Gasteiger partial charge is 0.407 e. The Morgan fingerprint density at radius 2 is 1.53 bits per heavy atom. The van der Waals surface area contributed by atoms with E-state index >= 15 is 0 Å². The largest absolute Gasteiger partial charge is 0.488 e. The summed E-state index contributed by atoms with van der Waals surface area (Å²) in [5.41, 5.74) is 8.78. The number of aromatic amines is 1. The van der Waals surface area contributed by atoms with E-state index in [4.69, 9.17) is 28.9 Å². The monoisotopic (exact) mass is 865 g/mol. The fourth-order valence-electron chi connectivity index (χ4n) is 9.49. The maximum Gasteiger partial charge on any atom is 0.407 e. The van der Waals surface area contributed by atoms with Crippen LogP contribution in [0.1, 0.15) is 73.6 Å². The number of aromatic nitrogens is 2. The molecule has 330 valence electrons. The van der Waals surface area contributed by atoms with Crippen LogP contribution in [0, 0.1) is 0 Å². The number of carbonyl (C=O) groups excluding carboxylic acids is 4. The highest BCUT2D eigenvalue weighted by Crippen LogP contribution is 2.44. The van der Waals surface area contributed by atoms with Gasteiger partial charge in [0.2, 0.25) is 11.8 Å². The summed E-state index contributed by atoms with van der Waals surface area (Å²) in [6.45, 7) is 3.27. The average molecular weight is 866 g/mol. The van der Waals surface area contributed by atoms with Crippen LogP contribution in [-0.2, 0) is 30.4 Å². The van der Waals surface area contributed by atoms with E-state index in [1.54, 1.807) is 18.0 Å². The predicted molar refractivity (Wildman–Crippen MR) is 240 cm³/mol. The third kappa shape index (κ3) is 8.07. The molecule has 5 heterocycles. The number of H-pyrrole nitrogens is 1. The fourth-order valence-corrected chi connectivity index (χ4v) is 9.49. The molecule has 0 radical (unpaired) electrons. The Labute approximate surface area is 370 Å². The van der Waals surface area contributed by atoms with Gasteiger partial charge < -0.3 is 44.4 Å². The number of alkyl carbamates (subject to hydrolysis) is 2. The number of likely N-dealkylation sites (tertiary alicyclic amines) is 2. The molecule has 9 rings (SSSR count). The van der Waals surface area contributed by atoms with Crippen LogP contribution < -0.4 is 15.4 Å². The van der Waals surface area contributed by atoms with E-state index in [0.717, 1.165) is 87.0 Å². The van der Waals surface area contributed by atoms with Crippen LogP contribution in [0.3, 0.4) is 0 Å². The first-order valence-electron chi connectivity index (χ1n) is 21.7. The zero-order chi connectivity index (χ0) is 44.5. The molecule has 2 fully saturated rings. The lowest BCUT2D eigenvalue weighted by atomic mass is 9.90. The highest BCUT2D eigenvalue weighted by Gasteiger charge is 2.40. The Morgan fingerprint density at radius 3 is 2.30 bits per heavy atom. The SMILES string of the molecule is COC(=O)N[C@H](C(=O)N1CCC[C@H]1c1ncc(-c2ccc3c4c(ccc3c2)-c2ccc(C3=CN=C([C@@H]5CCCN5C(=O)[C@H](NC(=O)OC)c5ccccc5)C3)cc2CO4)[nH]1)[C@@H](C)OC. The van der Waals surface area contributed by atoms with Crippen molar-refractivity contribution in [1.29, 1.82) is 0 Å². The van der Waals surface area contributed by atoms with Crippen LogP contribution in [-0.4, -0.2) is 102 Å². The van der Waals surface area contributed by atoms with Crippen molar-refractivity contribution >= 4 is 46.1 Å². The van der Waals surface area contributed by atoms with Crippen molar-refractivity contribution < 1.29 is 38.1 Å². The first-order valence-corrected chi connectivity index (χ1v) is 21.7. The Morgan fingerprint density at radius 1 is 0.812 bits per heavy atom. The number of fused-ring (bicyclic) bond motifs is 5. The third-order valence-electron chi connectivity index (χ3n) is 12.9. The number of imidazole rings is 1. The van der Waals surface area contributed by atoms with Crippen molar-refractivity contribution in [3.8, 4) is 28.1 Å². The molecular formula is C49H51N7O8. The summed E-state index contributed by atoms with van der Waals surface area (Å²) in [5.74, 6) is 1.09. The van der Waals surface area contributed by atoms with Crippen molar-refractivity contribution in [2.45, 2.75) is 75.9 Å². The molecule has 0 spiro atoms. The third-order valence-corrected chi connectivity index (χ3v) is 12.9. The van der Waals surface area contributed by atoms with Gasteiger partial charge in [0, 0.05) is 55.0 Å². The maximum atomic E-state index is 14.0. The number of ether oxygens (including phenoxy) is 4. The van der Waals surface area contributed by atoms with E-state index in [0.29, 0.717) is 37.5 Å². The molecule has 5 aromatic rings. The predicted octanol–water partition coefficient (Wildman–Crippen LogP) is 7.49. The second-order valence-corrected chi connectivity index (χ2v) is 16.6. The van der Waals surface area contributed by atoms with Crippen molar-refractivity contribution in [3.63, 3.8) is 0 Å². The van der Waals surface area contributed by atoms with Gasteiger partial charge in [-0.25, -0.2) is 14.6 Å². The number of aliphatic imine (C=N–C) groups is 1. The zero-order valence-corrected chi connectivity index (χ0v) is 36.3. The van der Waals surface area contributed by atoms with Crippen molar-refractivity contribution in [3.05, 3.63) is 114 Å². The molecule has 4 aliphatic rings. The van der Waals surface area contributed by atoms with Crippen LogP contribution in [0.25, 0.3) is 38.7 Å². The Kier molecular flexibility index (Phi) is 11.9. The number of hydrogen-bond donors (Lipinski definition) is 3. The number of allylic oxidation sites excluding steroid dienone is 1. The summed E-state index contributed by atoms with van der Waals surface area (Å²) in [5, 5.41) is 7.40. The zero-order valence-electron chi connectivity index (χ0n) is 36.3. The van der Waals surface area contributed by atoms with Crippen molar-refractivity contribution in [1.82, 2.24) is 30.4 Å². The first kappa shape index (κ1) is 42.3. The summed E-state index contributed by atoms with van der Waals surface area (Å²) >= 11 is 0. The molecule has 1 aromatic heterocycles. The minimum atomic E-state index is -0.907. The van der Waals surface area contributed by atoms with Gasteiger partial charge in [-0.1, -0.05) is 60.7 Å². The topological polar surface area (TPSA) is 177 Å². The maximum absolute atomic E-state index is 14.0. The number of hydrogen-bond acceptors (Lipinski definition) is 10. The standard InChI is InChI=1S/C49H51N7O8/c1-28(61-2)42(53-48(59)62-3)46(57)56-21-9-13-41(56)45-51-26-39(52-45)32-16-18-36-31(23-32)15-19-37-35-17-14-30(22-34(35)27-64-44(36)37)33-24-38(50-25-33)40-12-8-20-55(40)47(58)43(54-49(60)63-4)29-10-6-5-7-11-29/h5-7,10-11,14-19,22-23,25-26,28,40-43H,8-9,12-13,20-21,24,27H2,1-4H3,(H,51,52)(H,53,59)(H,54,60)/t28-,40+,41+,42+,43-/m1/s1. The van der Waals surface area contributed by atoms with E-state index in [1.165, 1.54) is 21.3 Å². The van der Waals surface area contributed by atoms with Gasteiger partial charge in [0.05, 0.1) is 44.3 Å². The fraction of sp³-hybridized carbons (Fsp3) is 0.347. The van der Waals surface area contributed by atoms with Crippen molar-refractivity contribution in [2.75, 3.05) is 34.4 Å². The highest BCUT2D eigenvalue weighted by molar-refractivity contribution is 6.04. The van der Waals surface area contributed by atoms with Crippen LogP contribution in [0.2, 0.25) is 0 Å². The van der Waals surface area contributed by atoms with Gasteiger partial charge in [0.1, 0.15) is 30.3 Å². The number of methoxy groups -OCH3 is 3. The summed E-state index contributed by atoms with van der Waals surface area (Å²) < 4.78 is 21.6. The number of rotatable bonds is 11. The number of benzene rings is 4. The average Bonchev–Trinajstić information content (AvgIpc) is 4.19. The molecule has 2 saturated heterocycles. The van der Waals surface area contributed by atoms with Gasteiger partial charge in [0.15, 0.2) is 0 Å². The van der Waals surface area contributed by atoms with Crippen LogP contribution in [0.15, 0.2) is 96.3 Å². The van der Waals surface area contributed by atoms with E-state index < -0.39 is 30.4 Å². The second kappa shape index (κ2) is 18.0. The molecule has 15 nitrogen and oxygen atoms in total. The van der Waals surface area contributed by atoms with E-state index in [9.17, 15) is 19.2 Å². The van der Waals surface area contributed by atoms with E-state index in [-0.39, 0.29) is 23.9 Å². The number of amides is 4. The van der Waals surface area contributed by atoms with Gasteiger partial charge in [-0.15, -0.1) is 0 Å². The second-order valence-electron chi connectivity index (χ2n) is 16.6. The van der Waals surface area contributed by atoms with E-state index in [2.05, 4.69) is 64.1 Å². The minimum absolute atomic E-state index is 0.168. The quantitative estimate of drug-likeness (QED) is 0.121. The first-order chi connectivity index (χ1) is 31.1. The molecule has 4 aliphatic heterocycles. The van der Waals surface area contributed by atoms with E-state index in [1.807, 2.05) is 41.4 Å². The van der Waals surface area contributed by atoms with Gasteiger partial charge in [0.25, 0.3) is 0 Å². The molecule has 64 heavy (non-hydrogen) atoms. The summed E-state index contributed by atoms with van der Waals surface area (Å²) in [7, 11) is 4.05. The summed E-state index contributed by atoms with van der Waals surface area (Å²) in [6, 6.07) is 24.0. The molecule has 0 aliphatic carbocycles. The van der Waals surface area contributed by atoms with Gasteiger partial charge in [-0.3, -0.25) is 14.6 Å². The van der Waals surface area contributed by atoms with Gasteiger partial charge >= 0.3 is 12.2 Å². The lowest BCUT2D eigenvalue weighted by Crippen LogP contribution is -2.54. The summed E-state index contributed by atoms with van der Waals surface area (Å²) in [4.78, 5) is 68.8. The number of carbonyl (C=O) groups is 4. The Balaban J connectivity index is 0.885. The Hall–Kier alpha value is -7.00. The normalized spacial score (nSPS) is 19.1. The molecule has 0 unspecified atom stereocenters. The molecule has 5 atom stereocenters. The molecule has 4 amide bonds. The van der Waals surface area contributed by atoms with Gasteiger partial charge in [-0.05, 0) is 84.0 Å². The van der Waals surface area contributed by atoms with Crippen LogP contribution in [0.5, 0.6) is 5.75 Å². The minimum Gasteiger partial charge on any atom is -0.488 e. The Bertz CT molecular complexity index is 2680. The molecule has 3 N–H and O–H groups in total. The number of nitrogens with one attached hydrogen (secondary N) is 3. The van der Waals surface area contributed by atoms with Gasteiger partial charge in [-0.2, -0.15) is 0 Å². The lowest BCUT2D eigenvalue weighted by molar-refractivity contribution is -0.137. The molecule has 0 bridgehead atoms. The number of nitrogens with zero attached hydrogens (tertiary/aromatic N) is 4. The molecule has 0 saturated carbocycles. The highest BCUT2D eigenvalue weighted by atomic mass is 16.5.